The van der Waals surface area contributed by atoms with Crippen LogP contribution in [-0.4, -0.2) is 13.0 Å². The van der Waals surface area contributed by atoms with Crippen molar-refractivity contribution in [2.24, 2.45) is 10.7 Å². The van der Waals surface area contributed by atoms with Crippen molar-refractivity contribution in [2.75, 3.05) is 7.11 Å². The Balaban J connectivity index is 2.30. The number of amides is 1. The third-order valence-corrected chi connectivity index (χ3v) is 3.23. The summed E-state index contributed by atoms with van der Waals surface area (Å²) in [6.07, 6.45) is 0. The molecule has 0 aliphatic heterocycles. The van der Waals surface area contributed by atoms with Gasteiger partial charge in [0.2, 0.25) is 5.55 Å². The van der Waals surface area contributed by atoms with Crippen LogP contribution in [-0.2, 0) is 0 Å². The zero-order valence-corrected chi connectivity index (χ0v) is 11.9. The van der Waals surface area contributed by atoms with Crippen LogP contribution in [0.15, 0.2) is 64.0 Å². The zero-order valence-electron chi connectivity index (χ0n) is 11.9. The second kappa shape index (κ2) is 5.73. The molecule has 0 atom stereocenters. The van der Waals surface area contributed by atoms with E-state index in [0.717, 1.165) is 5.39 Å². The number of benzene rings is 2. The van der Waals surface area contributed by atoms with Gasteiger partial charge in [0, 0.05) is 5.39 Å². The average molecular weight is 294 g/mol. The zero-order chi connectivity index (χ0) is 15.5. The van der Waals surface area contributed by atoms with Crippen LogP contribution in [0.25, 0.3) is 11.0 Å². The molecule has 0 fully saturated rings. The van der Waals surface area contributed by atoms with Crippen molar-refractivity contribution in [1.82, 2.24) is 0 Å². The van der Waals surface area contributed by atoms with Gasteiger partial charge < -0.3 is 14.9 Å². The molecule has 0 radical (unpaired) electrons. The van der Waals surface area contributed by atoms with Gasteiger partial charge in [-0.05, 0) is 24.3 Å². The molecular formula is C17H14N2O3. The van der Waals surface area contributed by atoms with Crippen LogP contribution in [0, 0.1) is 0 Å². The van der Waals surface area contributed by atoms with Crippen LogP contribution in [0.5, 0.6) is 5.75 Å². The summed E-state index contributed by atoms with van der Waals surface area (Å²) in [7, 11) is 1.56. The summed E-state index contributed by atoms with van der Waals surface area (Å²) in [6.45, 7) is 0. The monoisotopic (exact) mass is 294 g/mol. The van der Waals surface area contributed by atoms with Gasteiger partial charge in [0.15, 0.2) is 0 Å². The lowest BCUT2D eigenvalue weighted by atomic mass is 10.2. The maximum absolute atomic E-state index is 11.7. The van der Waals surface area contributed by atoms with Gasteiger partial charge in [0.05, 0.1) is 7.11 Å². The summed E-state index contributed by atoms with van der Waals surface area (Å²) in [5, 5.41) is 0.787. The van der Waals surface area contributed by atoms with Gasteiger partial charge >= 0.3 is 0 Å². The Morgan fingerprint density at radius 2 is 1.86 bits per heavy atom. The van der Waals surface area contributed by atoms with Crippen molar-refractivity contribution in [3.8, 4) is 5.75 Å². The number of ether oxygens (including phenoxy) is 1. The van der Waals surface area contributed by atoms with E-state index in [-0.39, 0.29) is 11.1 Å². The quantitative estimate of drug-likeness (QED) is 0.806. The lowest BCUT2D eigenvalue weighted by molar-refractivity contribution is 0.0996. The number of hydrogen-bond acceptors (Lipinski definition) is 4. The Hall–Kier alpha value is -3.08. The SMILES string of the molecule is COc1ccccc1N=c1oc2ccccc2cc1C(N)=O. The summed E-state index contributed by atoms with van der Waals surface area (Å²) >= 11 is 0. The molecule has 3 aromatic rings. The number of fused-ring (bicyclic) bond motifs is 1. The molecular weight excluding hydrogens is 280 g/mol. The molecule has 0 spiro atoms. The second-order valence-electron chi connectivity index (χ2n) is 4.65. The standard InChI is InChI=1S/C17H14N2O3/c1-21-15-9-5-3-7-13(15)19-17-12(16(18)20)10-11-6-2-4-8-14(11)22-17/h2-10H,1H3,(H2,18,20). The third kappa shape index (κ3) is 2.56. The predicted octanol–water partition coefficient (Wildman–Crippen LogP) is 2.77. The van der Waals surface area contributed by atoms with Gasteiger partial charge in [0.1, 0.15) is 22.6 Å². The highest BCUT2D eigenvalue weighted by Gasteiger charge is 2.10. The molecule has 0 aliphatic rings. The highest BCUT2D eigenvalue weighted by molar-refractivity contribution is 5.95. The largest absolute Gasteiger partial charge is 0.494 e. The van der Waals surface area contributed by atoms with E-state index in [1.54, 1.807) is 31.4 Å². The van der Waals surface area contributed by atoms with E-state index in [1.807, 2.05) is 30.3 Å². The van der Waals surface area contributed by atoms with E-state index >= 15 is 0 Å². The first-order valence-electron chi connectivity index (χ1n) is 6.69. The molecule has 2 N–H and O–H groups in total. The number of methoxy groups -OCH3 is 1. The normalized spacial score (nSPS) is 11.6. The van der Waals surface area contributed by atoms with Crippen molar-refractivity contribution < 1.29 is 13.9 Å². The lowest BCUT2D eigenvalue weighted by Crippen LogP contribution is -2.21. The third-order valence-electron chi connectivity index (χ3n) is 3.23. The number of nitrogens with two attached hydrogens (primary N) is 1. The summed E-state index contributed by atoms with van der Waals surface area (Å²) in [5.41, 5.74) is 7.02. The van der Waals surface area contributed by atoms with Crippen LogP contribution in [0.1, 0.15) is 10.4 Å². The first kappa shape index (κ1) is 13.9. The maximum Gasteiger partial charge on any atom is 0.254 e. The molecule has 0 saturated heterocycles. The summed E-state index contributed by atoms with van der Waals surface area (Å²) in [6, 6.07) is 16.3. The Labute approximate surface area is 126 Å². The van der Waals surface area contributed by atoms with Crippen molar-refractivity contribution in [3.05, 3.63) is 65.7 Å². The fraction of sp³-hybridized carbons (Fsp3) is 0.0588. The number of rotatable bonds is 3. The fourth-order valence-corrected chi connectivity index (χ4v) is 2.16. The Bertz CT molecular complexity index is 913. The van der Waals surface area contributed by atoms with Crippen LogP contribution in [0.4, 0.5) is 5.69 Å². The number of carbonyl (C=O) groups is 1. The Morgan fingerprint density at radius 1 is 1.14 bits per heavy atom. The average Bonchev–Trinajstić information content (AvgIpc) is 2.54. The first-order chi connectivity index (χ1) is 10.7. The summed E-state index contributed by atoms with van der Waals surface area (Å²) in [5.74, 6) is -0.00979. The number of carbonyl (C=O) groups excluding carboxylic acids is 1. The van der Waals surface area contributed by atoms with Crippen LogP contribution in [0.2, 0.25) is 0 Å². The molecule has 0 unspecified atom stereocenters. The van der Waals surface area contributed by atoms with E-state index in [0.29, 0.717) is 17.0 Å². The molecule has 5 heteroatoms. The van der Waals surface area contributed by atoms with Gasteiger partial charge in [-0.3, -0.25) is 4.79 Å². The molecule has 5 nitrogen and oxygen atoms in total. The Morgan fingerprint density at radius 3 is 2.64 bits per heavy atom. The minimum absolute atomic E-state index is 0.163. The molecule has 22 heavy (non-hydrogen) atoms. The van der Waals surface area contributed by atoms with Crippen molar-refractivity contribution in [3.63, 3.8) is 0 Å². The van der Waals surface area contributed by atoms with Crippen LogP contribution in [0.3, 0.4) is 0 Å². The molecule has 1 heterocycles. The van der Waals surface area contributed by atoms with Crippen molar-refractivity contribution >= 4 is 22.6 Å². The highest BCUT2D eigenvalue weighted by atomic mass is 16.5. The minimum Gasteiger partial charge on any atom is -0.494 e. The van der Waals surface area contributed by atoms with E-state index in [2.05, 4.69) is 4.99 Å². The highest BCUT2D eigenvalue weighted by Crippen LogP contribution is 2.25. The van der Waals surface area contributed by atoms with Gasteiger partial charge in [-0.25, -0.2) is 4.99 Å². The molecule has 1 amide bonds. The number of para-hydroxylation sites is 3. The molecule has 110 valence electrons. The maximum atomic E-state index is 11.7. The molecule has 0 bridgehead atoms. The lowest BCUT2D eigenvalue weighted by Gasteiger charge is -2.04. The molecule has 1 aromatic heterocycles. The number of hydrogen-bond donors (Lipinski definition) is 1. The Kier molecular flexibility index (Phi) is 3.62. The molecule has 2 aromatic carbocycles. The van der Waals surface area contributed by atoms with E-state index in [1.165, 1.54) is 0 Å². The molecule has 0 aliphatic carbocycles. The van der Waals surface area contributed by atoms with Gasteiger partial charge in [-0.2, -0.15) is 0 Å². The topological polar surface area (TPSA) is 77.8 Å². The summed E-state index contributed by atoms with van der Waals surface area (Å²) in [4.78, 5) is 16.1. The van der Waals surface area contributed by atoms with Crippen molar-refractivity contribution in [2.45, 2.75) is 0 Å². The second-order valence-corrected chi connectivity index (χ2v) is 4.65. The van der Waals surface area contributed by atoms with Crippen LogP contribution < -0.4 is 16.0 Å². The van der Waals surface area contributed by atoms with E-state index in [4.69, 9.17) is 14.9 Å². The van der Waals surface area contributed by atoms with Crippen molar-refractivity contribution in [1.29, 1.82) is 0 Å². The number of primary amides is 1. The molecule has 3 rings (SSSR count). The minimum atomic E-state index is -0.594. The first-order valence-corrected chi connectivity index (χ1v) is 6.69. The smallest absolute Gasteiger partial charge is 0.254 e. The van der Waals surface area contributed by atoms with E-state index in [9.17, 15) is 4.79 Å². The van der Waals surface area contributed by atoms with Gasteiger partial charge in [0.25, 0.3) is 5.91 Å². The van der Waals surface area contributed by atoms with Gasteiger partial charge in [-0.15, -0.1) is 0 Å². The molecule has 0 saturated carbocycles. The van der Waals surface area contributed by atoms with E-state index < -0.39 is 5.91 Å². The fourth-order valence-electron chi connectivity index (χ4n) is 2.16. The number of nitrogens with zero attached hydrogens (tertiary/aromatic N) is 1. The predicted molar refractivity (Wildman–Crippen MR) is 82.9 cm³/mol. The van der Waals surface area contributed by atoms with Gasteiger partial charge in [-0.1, -0.05) is 30.3 Å². The summed E-state index contributed by atoms with van der Waals surface area (Å²) < 4.78 is 11.0. The van der Waals surface area contributed by atoms with Crippen LogP contribution >= 0.6 is 0 Å².